The molecule has 5 nitrogen and oxygen atoms in total. The van der Waals surface area contributed by atoms with Crippen LogP contribution >= 0.6 is 0 Å². The molecule has 2 atom stereocenters. The van der Waals surface area contributed by atoms with Gasteiger partial charge in [0.2, 0.25) is 5.91 Å². The molecule has 1 N–H and O–H groups in total. The molecule has 0 aliphatic carbocycles. The number of nitrogens with one attached hydrogen (secondary N) is 1. The Bertz CT molecular complexity index is 783. The van der Waals surface area contributed by atoms with Crippen LogP contribution in [0.15, 0.2) is 60.7 Å². The standard InChI is InChI=1S/C25H33N3O2/c29-25(26-15-18-30-22-11-5-2-6-12-22)20-28-17-8-14-24(28)23-13-7-16-27(23)19-21-9-3-1-4-10-21/h1-6,9-12,23-24H,7-8,13-20H2,(H,26,29). The van der Waals surface area contributed by atoms with E-state index in [1.807, 2.05) is 30.3 Å². The number of hydrogen-bond acceptors (Lipinski definition) is 4. The maximum Gasteiger partial charge on any atom is 0.234 e. The SMILES string of the molecule is O=C(CN1CCCC1C1CCCN1Cc1ccccc1)NCCOc1ccccc1. The second-order valence-corrected chi connectivity index (χ2v) is 8.36. The number of para-hydroxylation sites is 1. The third-order valence-electron chi connectivity index (χ3n) is 6.28. The molecule has 2 aliphatic heterocycles. The zero-order chi connectivity index (χ0) is 20.6. The van der Waals surface area contributed by atoms with Gasteiger partial charge in [0.1, 0.15) is 12.4 Å². The summed E-state index contributed by atoms with van der Waals surface area (Å²) in [5.74, 6) is 0.942. The molecule has 2 aromatic rings. The molecule has 2 saturated heterocycles. The molecule has 5 heteroatoms. The summed E-state index contributed by atoms with van der Waals surface area (Å²) >= 11 is 0. The van der Waals surface area contributed by atoms with E-state index < -0.39 is 0 Å². The highest BCUT2D eigenvalue weighted by atomic mass is 16.5. The molecule has 2 heterocycles. The third-order valence-corrected chi connectivity index (χ3v) is 6.28. The second kappa shape index (κ2) is 10.6. The van der Waals surface area contributed by atoms with E-state index in [0.29, 0.717) is 31.8 Å². The Balaban J connectivity index is 1.24. The van der Waals surface area contributed by atoms with Crippen molar-refractivity contribution in [3.8, 4) is 5.75 Å². The highest BCUT2D eigenvalue weighted by Gasteiger charge is 2.38. The van der Waals surface area contributed by atoms with Crippen molar-refractivity contribution in [2.24, 2.45) is 0 Å². The summed E-state index contributed by atoms with van der Waals surface area (Å²) in [6.45, 7) is 4.72. The molecule has 2 unspecified atom stereocenters. The van der Waals surface area contributed by atoms with Gasteiger partial charge in [-0.05, 0) is 56.5 Å². The van der Waals surface area contributed by atoms with Gasteiger partial charge in [0.25, 0.3) is 0 Å². The highest BCUT2D eigenvalue weighted by molar-refractivity contribution is 5.78. The van der Waals surface area contributed by atoms with Crippen molar-refractivity contribution >= 4 is 5.91 Å². The fraction of sp³-hybridized carbons (Fsp3) is 0.480. The van der Waals surface area contributed by atoms with Gasteiger partial charge in [-0.15, -0.1) is 0 Å². The van der Waals surface area contributed by atoms with Crippen LogP contribution in [0, 0.1) is 0 Å². The quantitative estimate of drug-likeness (QED) is 0.648. The molecule has 0 radical (unpaired) electrons. The lowest BCUT2D eigenvalue weighted by molar-refractivity contribution is -0.122. The van der Waals surface area contributed by atoms with Gasteiger partial charge < -0.3 is 10.1 Å². The number of amides is 1. The molecule has 2 aliphatic rings. The summed E-state index contributed by atoms with van der Waals surface area (Å²) in [5.41, 5.74) is 1.38. The molecule has 2 fully saturated rings. The van der Waals surface area contributed by atoms with Crippen molar-refractivity contribution in [2.75, 3.05) is 32.8 Å². The van der Waals surface area contributed by atoms with Crippen molar-refractivity contribution in [3.05, 3.63) is 66.2 Å². The Kier molecular flexibility index (Phi) is 7.38. The van der Waals surface area contributed by atoms with Crippen LogP contribution in [-0.2, 0) is 11.3 Å². The Morgan fingerprint density at radius 1 is 0.900 bits per heavy atom. The minimum atomic E-state index is 0.103. The normalized spacial score (nSPS) is 22.3. The molecule has 0 spiro atoms. The van der Waals surface area contributed by atoms with E-state index >= 15 is 0 Å². The van der Waals surface area contributed by atoms with Crippen LogP contribution in [0.5, 0.6) is 5.75 Å². The number of likely N-dealkylation sites (tertiary alicyclic amines) is 2. The highest BCUT2D eigenvalue weighted by Crippen LogP contribution is 2.30. The molecular weight excluding hydrogens is 374 g/mol. The van der Waals surface area contributed by atoms with Gasteiger partial charge in [0, 0.05) is 18.6 Å². The largest absolute Gasteiger partial charge is 0.492 e. The maximum absolute atomic E-state index is 12.5. The van der Waals surface area contributed by atoms with E-state index in [4.69, 9.17) is 4.74 Å². The Hall–Kier alpha value is -2.37. The molecular formula is C25H33N3O2. The topological polar surface area (TPSA) is 44.8 Å². The molecule has 0 bridgehead atoms. The first-order valence-electron chi connectivity index (χ1n) is 11.3. The third kappa shape index (κ3) is 5.61. The van der Waals surface area contributed by atoms with Crippen LogP contribution in [0.2, 0.25) is 0 Å². The summed E-state index contributed by atoms with van der Waals surface area (Å²) in [5, 5.41) is 3.02. The zero-order valence-electron chi connectivity index (χ0n) is 17.7. The van der Waals surface area contributed by atoms with Gasteiger partial charge in [0.05, 0.1) is 13.1 Å². The fourth-order valence-electron chi connectivity index (χ4n) is 4.90. The predicted molar refractivity (Wildman–Crippen MR) is 119 cm³/mol. The average molecular weight is 408 g/mol. The van der Waals surface area contributed by atoms with Gasteiger partial charge in [-0.25, -0.2) is 0 Å². The lowest BCUT2D eigenvalue weighted by Gasteiger charge is -2.34. The van der Waals surface area contributed by atoms with Crippen LogP contribution in [0.25, 0.3) is 0 Å². The van der Waals surface area contributed by atoms with E-state index in [1.165, 1.54) is 31.2 Å². The second-order valence-electron chi connectivity index (χ2n) is 8.36. The first kappa shape index (κ1) is 20.9. The summed E-state index contributed by atoms with van der Waals surface area (Å²) in [4.78, 5) is 17.6. The number of carbonyl (C=O) groups excluding carboxylic acids is 1. The fourth-order valence-corrected chi connectivity index (χ4v) is 4.90. The first-order valence-corrected chi connectivity index (χ1v) is 11.3. The molecule has 30 heavy (non-hydrogen) atoms. The van der Waals surface area contributed by atoms with E-state index in [9.17, 15) is 4.79 Å². The van der Waals surface area contributed by atoms with E-state index in [-0.39, 0.29) is 5.91 Å². The van der Waals surface area contributed by atoms with Crippen molar-refractivity contribution in [1.29, 1.82) is 0 Å². The molecule has 2 aromatic carbocycles. The minimum Gasteiger partial charge on any atom is -0.492 e. The Morgan fingerprint density at radius 3 is 2.27 bits per heavy atom. The summed E-state index contributed by atoms with van der Waals surface area (Å²) in [6, 6.07) is 21.5. The molecule has 160 valence electrons. The van der Waals surface area contributed by atoms with Crippen LogP contribution in [0.4, 0.5) is 0 Å². The monoisotopic (exact) mass is 407 g/mol. The number of hydrogen-bond donors (Lipinski definition) is 1. The first-order chi connectivity index (χ1) is 14.8. The van der Waals surface area contributed by atoms with Gasteiger partial charge in [-0.1, -0.05) is 48.5 Å². The molecule has 0 saturated carbocycles. The van der Waals surface area contributed by atoms with Crippen molar-refractivity contribution < 1.29 is 9.53 Å². The number of ether oxygens (including phenoxy) is 1. The van der Waals surface area contributed by atoms with Crippen LogP contribution < -0.4 is 10.1 Å². The van der Waals surface area contributed by atoms with Gasteiger partial charge in [-0.3, -0.25) is 14.6 Å². The van der Waals surface area contributed by atoms with E-state index in [2.05, 4.69) is 45.4 Å². The molecule has 0 aromatic heterocycles. The lowest BCUT2D eigenvalue weighted by atomic mass is 10.0. The number of benzene rings is 2. The van der Waals surface area contributed by atoms with Crippen molar-refractivity contribution in [2.45, 2.75) is 44.3 Å². The van der Waals surface area contributed by atoms with Crippen LogP contribution in [0.3, 0.4) is 0 Å². The van der Waals surface area contributed by atoms with E-state index in [0.717, 1.165) is 25.4 Å². The minimum absolute atomic E-state index is 0.103. The van der Waals surface area contributed by atoms with Gasteiger partial charge in [0.15, 0.2) is 0 Å². The predicted octanol–water partition coefficient (Wildman–Crippen LogP) is 3.31. The number of carbonyl (C=O) groups is 1. The summed E-state index contributed by atoms with van der Waals surface area (Å²) in [6.07, 6.45) is 4.87. The van der Waals surface area contributed by atoms with Crippen LogP contribution in [-0.4, -0.2) is 60.6 Å². The number of nitrogens with zero attached hydrogens (tertiary/aromatic N) is 2. The average Bonchev–Trinajstić information content (AvgIpc) is 3.42. The Labute approximate surface area is 180 Å². The summed E-state index contributed by atoms with van der Waals surface area (Å²) in [7, 11) is 0. The Morgan fingerprint density at radius 2 is 1.53 bits per heavy atom. The lowest BCUT2D eigenvalue weighted by Crippen LogP contribution is -2.49. The summed E-state index contributed by atoms with van der Waals surface area (Å²) < 4.78 is 5.66. The van der Waals surface area contributed by atoms with Gasteiger partial charge in [-0.2, -0.15) is 0 Å². The van der Waals surface area contributed by atoms with Gasteiger partial charge >= 0.3 is 0 Å². The van der Waals surface area contributed by atoms with Crippen LogP contribution in [0.1, 0.15) is 31.2 Å². The maximum atomic E-state index is 12.5. The smallest absolute Gasteiger partial charge is 0.234 e. The number of rotatable bonds is 9. The molecule has 1 amide bonds. The molecule has 4 rings (SSSR count). The zero-order valence-corrected chi connectivity index (χ0v) is 17.7. The van der Waals surface area contributed by atoms with Crippen molar-refractivity contribution in [3.63, 3.8) is 0 Å². The van der Waals surface area contributed by atoms with E-state index in [1.54, 1.807) is 0 Å². The van der Waals surface area contributed by atoms with Crippen molar-refractivity contribution in [1.82, 2.24) is 15.1 Å².